The molecule has 0 fully saturated rings. The van der Waals surface area contributed by atoms with Crippen LogP contribution in [0.2, 0.25) is 0 Å². The maximum atomic E-state index is 12.1. The third-order valence-corrected chi connectivity index (χ3v) is 5.73. The van der Waals surface area contributed by atoms with Gasteiger partial charge in [0.15, 0.2) is 10.8 Å². The number of nitrogens with zero attached hydrogens (tertiary/aromatic N) is 6. The lowest BCUT2D eigenvalue weighted by Crippen LogP contribution is -2.15. The van der Waals surface area contributed by atoms with E-state index in [-0.39, 0.29) is 5.56 Å². The SMILES string of the molecule is N#Cc1c[nH]n2c(=O)cc(CSc3nncn3CCc3cccs3)nc12. The number of H-pyrrole nitrogens is 1. The first-order chi connectivity index (χ1) is 12.7. The van der Waals surface area contributed by atoms with Crippen molar-refractivity contribution < 1.29 is 0 Å². The summed E-state index contributed by atoms with van der Waals surface area (Å²) < 4.78 is 3.25. The topological polar surface area (TPSA) is 105 Å². The summed E-state index contributed by atoms with van der Waals surface area (Å²) in [5.41, 5.74) is 1.04. The molecule has 0 aliphatic rings. The van der Waals surface area contributed by atoms with Crippen molar-refractivity contribution in [3.05, 3.63) is 62.6 Å². The fourth-order valence-corrected chi connectivity index (χ4v) is 4.05. The Hall–Kier alpha value is -2.90. The van der Waals surface area contributed by atoms with Gasteiger partial charge in [0.2, 0.25) is 0 Å². The van der Waals surface area contributed by atoms with Crippen LogP contribution in [-0.2, 0) is 18.7 Å². The lowest BCUT2D eigenvalue weighted by molar-refractivity contribution is 0.637. The Labute approximate surface area is 156 Å². The van der Waals surface area contributed by atoms with Gasteiger partial charge in [0.25, 0.3) is 5.56 Å². The number of rotatable bonds is 6. The number of thioether (sulfide) groups is 1. The highest BCUT2D eigenvalue weighted by Crippen LogP contribution is 2.20. The van der Waals surface area contributed by atoms with Crippen molar-refractivity contribution in [1.82, 2.24) is 29.4 Å². The van der Waals surface area contributed by atoms with Gasteiger partial charge < -0.3 is 4.57 Å². The number of fused-ring (bicyclic) bond motifs is 1. The Morgan fingerprint density at radius 1 is 1.42 bits per heavy atom. The summed E-state index contributed by atoms with van der Waals surface area (Å²) in [6, 6.07) is 7.64. The van der Waals surface area contributed by atoms with Crippen molar-refractivity contribution in [2.75, 3.05) is 0 Å². The number of thiophene rings is 1. The van der Waals surface area contributed by atoms with E-state index in [1.165, 1.54) is 33.4 Å². The Morgan fingerprint density at radius 3 is 3.15 bits per heavy atom. The number of nitrogens with one attached hydrogen (secondary N) is 1. The molecule has 4 aromatic heterocycles. The van der Waals surface area contributed by atoms with E-state index in [0.717, 1.165) is 18.1 Å². The molecule has 130 valence electrons. The Bertz CT molecular complexity index is 1130. The molecule has 0 aliphatic heterocycles. The third kappa shape index (κ3) is 3.26. The number of hydrogen-bond donors (Lipinski definition) is 1. The van der Waals surface area contributed by atoms with Gasteiger partial charge in [-0.2, -0.15) is 5.26 Å². The molecule has 0 aliphatic carbocycles. The minimum atomic E-state index is -0.244. The van der Waals surface area contributed by atoms with Crippen molar-refractivity contribution in [3.8, 4) is 6.07 Å². The van der Waals surface area contributed by atoms with Gasteiger partial charge in [0.1, 0.15) is 18.0 Å². The van der Waals surface area contributed by atoms with Crippen molar-refractivity contribution in [2.24, 2.45) is 0 Å². The zero-order valence-corrected chi connectivity index (χ0v) is 15.1. The molecule has 0 unspecified atom stereocenters. The smallest absolute Gasteiger partial charge is 0.272 e. The predicted molar refractivity (Wildman–Crippen MR) is 98.1 cm³/mol. The maximum absolute atomic E-state index is 12.1. The predicted octanol–water partition coefficient (Wildman–Crippen LogP) is 2.08. The van der Waals surface area contributed by atoms with Crippen LogP contribution in [0.5, 0.6) is 0 Å². The van der Waals surface area contributed by atoms with E-state index in [0.29, 0.717) is 22.7 Å². The Morgan fingerprint density at radius 2 is 2.35 bits per heavy atom. The lowest BCUT2D eigenvalue weighted by Gasteiger charge is -2.05. The van der Waals surface area contributed by atoms with E-state index in [1.54, 1.807) is 17.7 Å². The van der Waals surface area contributed by atoms with E-state index in [4.69, 9.17) is 5.26 Å². The first kappa shape index (κ1) is 16.6. The van der Waals surface area contributed by atoms with Crippen molar-refractivity contribution >= 4 is 28.7 Å². The summed E-state index contributed by atoms with van der Waals surface area (Å²) in [6.07, 6.45) is 4.10. The highest BCUT2D eigenvalue weighted by atomic mass is 32.2. The van der Waals surface area contributed by atoms with Gasteiger partial charge in [-0.15, -0.1) is 21.5 Å². The summed E-state index contributed by atoms with van der Waals surface area (Å²) >= 11 is 3.20. The van der Waals surface area contributed by atoms with E-state index < -0.39 is 0 Å². The van der Waals surface area contributed by atoms with Crippen LogP contribution in [0, 0.1) is 11.3 Å². The Kier molecular flexibility index (Phi) is 4.55. The quantitative estimate of drug-likeness (QED) is 0.511. The van der Waals surface area contributed by atoms with Crippen molar-refractivity contribution in [1.29, 1.82) is 5.26 Å². The standard InChI is InChI=1S/C16H13N7OS2/c17-7-11-8-19-23-14(24)6-12(20-15(11)23)9-26-16-21-18-10-22(16)4-3-13-2-1-5-25-13/h1-2,5-6,8,10,19H,3-4,9H2. The minimum Gasteiger partial charge on any atom is -0.308 e. The van der Waals surface area contributed by atoms with E-state index in [1.807, 2.05) is 16.7 Å². The van der Waals surface area contributed by atoms with Crippen LogP contribution in [0.25, 0.3) is 5.65 Å². The van der Waals surface area contributed by atoms with Gasteiger partial charge in [0.05, 0.1) is 5.69 Å². The Balaban J connectivity index is 1.49. The highest BCUT2D eigenvalue weighted by Gasteiger charge is 2.11. The molecular weight excluding hydrogens is 370 g/mol. The van der Waals surface area contributed by atoms with Crippen molar-refractivity contribution in [2.45, 2.75) is 23.9 Å². The molecule has 0 saturated heterocycles. The summed E-state index contributed by atoms with van der Waals surface area (Å²) in [5, 5.41) is 22.8. The van der Waals surface area contributed by atoms with Gasteiger partial charge in [-0.3, -0.25) is 9.89 Å². The molecule has 0 saturated carbocycles. The van der Waals surface area contributed by atoms with Gasteiger partial charge in [-0.25, -0.2) is 9.50 Å². The molecule has 0 aromatic carbocycles. The monoisotopic (exact) mass is 383 g/mol. The molecule has 0 amide bonds. The minimum absolute atomic E-state index is 0.244. The summed E-state index contributed by atoms with van der Waals surface area (Å²) in [6.45, 7) is 0.793. The van der Waals surface area contributed by atoms with Crippen LogP contribution < -0.4 is 5.56 Å². The second kappa shape index (κ2) is 7.15. The fraction of sp³-hybridized carbons (Fsp3) is 0.188. The van der Waals surface area contributed by atoms with Gasteiger partial charge in [0, 0.05) is 29.4 Å². The van der Waals surface area contributed by atoms with Crippen LogP contribution in [0.3, 0.4) is 0 Å². The first-order valence-electron chi connectivity index (χ1n) is 7.78. The number of aromatic nitrogens is 6. The fourth-order valence-electron chi connectivity index (χ4n) is 2.52. The molecule has 0 radical (unpaired) electrons. The molecule has 4 aromatic rings. The van der Waals surface area contributed by atoms with Crippen LogP contribution in [0.4, 0.5) is 0 Å². The van der Waals surface area contributed by atoms with Gasteiger partial charge in [-0.05, 0) is 17.9 Å². The highest BCUT2D eigenvalue weighted by molar-refractivity contribution is 7.98. The van der Waals surface area contributed by atoms with Gasteiger partial charge in [-0.1, -0.05) is 17.8 Å². The van der Waals surface area contributed by atoms with Crippen LogP contribution in [-0.4, -0.2) is 29.4 Å². The summed E-state index contributed by atoms with van der Waals surface area (Å²) in [4.78, 5) is 17.9. The third-order valence-electron chi connectivity index (χ3n) is 3.78. The normalized spacial score (nSPS) is 11.0. The van der Waals surface area contributed by atoms with Gasteiger partial charge >= 0.3 is 0 Å². The average Bonchev–Trinajstić information content (AvgIpc) is 3.38. The maximum Gasteiger partial charge on any atom is 0.272 e. The molecule has 0 bridgehead atoms. The summed E-state index contributed by atoms with van der Waals surface area (Å²) in [7, 11) is 0. The molecule has 4 heterocycles. The van der Waals surface area contributed by atoms with Crippen LogP contribution in [0.15, 0.2) is 46.1 Å². The second-order valence-corrected chi connectivity index (χ2v) is 7.44. The number of aromatic amines is 1. The van der Waals surface area contributed by atoms with Crippen LogP contribution in [0.1, 0.15) is 16.1 Å². The lowest BCUT2D eigenvalue weighted by atomic mass is 10.3. The molecule has 4 rings (SSSR count). The average molecular weight is 383 g/mol. The summed E-state index contributed by atoms with van der Waals surface area (Å²) in [5.74, 6) is 0.472. The largest absolute Gasteiger partial charge is 0.308 e. The van der Waals surface area contributed by atoms with Crippen LogP contribution >= 0.6 is 23.1 Å². The van der Waals surface area contributed by atoms with E-state index >= 15 is 0 Å². The second-order valence-electron chi connectivity index (χ2n) is 5.47. The zero-order chi connectivity index (χ0) is 17.9. The van der Waals surface area contributed by atoms with E-state index in [9.17, 15) is 4.79 Å². The zero-order valence-electron chi connectivity index (χ0n) is 13.5. The molecule has 26 heavy (non-hydrogen) atoms. The number of aryl methyl sites for hydroxylation is 2. The van der Waals surface area contributed by atoms with E-state index in [2.05, 4.69) is 31.7 Å². The first-order valence-corrected chi connectivity index (χ1v) is 9.64. The number of hydrogen-bond acceptors (Lipinski definition) is 7. The molecule has 0 atom stereocenters. The molecule has 10 heteroatoms. The molecule has 0 spiro atoms. The molecule has 8 nitrogen and oxygen atoms in total. The number of nitriles is 1. The van der Waals surface area contributed by atoms with Crippen molar-refractivity contribution in [3.63, 3.8) is 0 Å². The molecular formula is C16H13N7OS2. The molecule has 1 N–H and O–H groups in total.